The van der Waals surface area contributed by atoms with Gasteiger partial charge in [0.15, 0.2) is 0 Å². The Morgan fingerprint density at radius 1 is 0.884 bits per heavy atom. The number of carbonyl (C=O) groups is 1. The Bertz CT molecular complexity index is 1740. The Balaban J connectivity index is 1.30. The van der Waals surface area contributed by atoms with Crippen molar-refractivity contribution in [3.8, 4) is 5.75 Å². The van der Waals surface area contributed by atoms with E-state index in [0.717, 1.165) is 22.4 Å². The van der Waals surface area contributed by atoms with Crippen LogP contribution in [0.25, 0.3) is 0 Å². The summed E-state index contributed by atoms with van der Waals surface area (Å²) in [6, 6.07) is 34.5. The van der Waals surface area contributed by atoms with Crippen LogP contribution >= 0.6 is 23.4 Å². The first kappa shape index (κ1) is 28.6. The maximum absolute atomic E-state index is 13.7. The SMILES string of the molecule is CC1=C(C(=O)OCc2ccccc2)C(c2cccc(OCc3ccc(Cl)cc3)c2)n2nc(SCc3ccccc3)nc2N1. The number of carbonyl (C=O) groups excluding carboxylic acids is 1. The van der Waals surface area contributed by atoms with E-state index in [1.54, 1.807) is 16.4 Å². The molecule has 0 spiro atoms. The van der Waals surface area contributed by atoms with Crippen LogP contribution in [0.1, 0.15) is 35.2 Å². The standard InChI is InChI=1S/C34H29ClN4O3S/c1-23-30(32(40)42-21-24-9-4-2-5-10-24)31(27-13-8-14-29(19-27)41-20-25-15-17-28(35)18-16-25)39-33(36-23)37-34(38-39)43-22-26-11-6-3-7-12-26/h2-19,31H,20-22H2,1H3,(H,36,37,38). The molecule has 0 aliphatic carbocycles. The molecule has 7 nitrogen and oxygen atoms in total. The highest BCUT2D eigenvalue weighted by Crippen LogP contribution is 2.38. The van der Waals surface area contributed by atoms with Gasteiger partial charge in [-0.3, -0.25) is 0 Å². The number of thioether (sulfide) groups is 1. The lowest BCUT2D eigenvalue weighted by molar-refractivity contribution is -0.140. The Morgan fingerprint density at radius 2 is 1.58 bits per heavy atom. The van der Waals surface area contributed by atoms with Crippen LogP contribution in [0.3, 0.4) is 0 Å². The Labute approximate surface area is 259 Å². The highest BCUT2D eigenvalue weighted by molar-refractivity contribution is 7.98. The highest BCUT2D eigenvalue weighted by atomic mass is 35.5. The van der Waals surface area contributed by atoms with Crippen molar-refractivity contribution in [2.24, 2.45) is 0 Å². The lowest BCUT2D eigenvalue weighted by Crippen LogP contribution is -2.29. The molecule has 0 bridgehead atoms. The molecule has 1 aliphatic rings. The van der Waals surface area contributed by atoms with Gasteiger partial charge < -0.3 is 14.8 Å². The first-order valence-corrected chi connectivity index (χ1v) is 15.2. The fourth-order valence-corrected chi connectivity index (χ4v) is 5.72. The number of anilines is 1. The number of halogens is 1. The second-order valence-corrected chi connectivity index (χ2v) is 11.4. The van der Waals surface area contributed by atoms with Crippen molar-refractivity contribution >= 4 is 35.3 Å². The van der Waals surface area contributed by atoms with Gasteiger partial charge in [-0.25, -0.2) is 9.48 Å². The van der Waals surface area contributed by atoms with E-state index in [2.05, 4.69) is 17.4 Å². The number of fused-ring (bicyclic) bond motifs is 1. The first-order chi connectivity index (χ1) is 21.0. The average molecular weight is 609 g/mol. The maximum Gasteiger partial charge on any atom is 0.338 e. The molecule has 4 aromatic carbocycles. The second kappa shape index (κ2) is 13.2. The Kier molecular flexibility index (Phi) is 8.77. The summed E-state index contributed by atoms with van der Waals surface area (Å²) in [4.78, 5) is 18.4. The summed E-state index contributed by atoms with van der Waals surface area (Å²) in [6.07, 6.45) is 0. The summed E-state index contributed by atoms with van der Waals surface area (Å²) >= 11 is 7.58. The van der Waals surface area contributed by atoms with Gasteiger partial charge in [-0.2, -0.15) is 4.98 Å². The minimum Gasteiger partial charge on any atom is -0.489 e. The molecule has 0 amide bonds. The molecule has 6 rings (SSSR count). The number of hydrogen-bond donors (Lipinski definition) is 1. The normalized spacial score (nSPS) is 14.1. The largest absolute Gasteiger partial charge is 0.489 e. The van der Waals surface area contributed by atoms with Crippen molar-refractivity contribution < 1.29 is 14.3 Å². The number of allylic oxidation sites excluding steroid dienone is 1. The topological polar surface area (TPSA) is 78.3 Å². The van der Waals surface area contributed by atoms with Gasteiger partial charge in [0.2, 0.25) is 11.1 Å². The van der Waals surface area contributed by atoms with Crippen LogP contribution in [0.5, 0.6) is 5.75 Å². The van der Waals surface area contributed by atoms with Gasteiger partial charge in [0, 0.05) is 16.5 Å². The number of benzene rings is 4. The number of ether oxygens (including phenoxy) is 2. The zero-order valence-electron chi connectivity index (χ0n) is 23.4. The maximum atomic E-state index is 13.7. The van der Waals surface area contributed by atoms with Crippen LogP contribution in [-0.4, -0.2) is 20.7 Å². The van der Waals surface area contributed by atoms with Gasteiger partial charge in [0.25, 0.3) is 0 Å². The van der Waals surface area contributed by atoms with E-state index in [0.29, 0.717) is 39.8 Å². The average Bonchev–Trinajstić information content (AvgIpc) is 3.45. The highest BCUT2D eigenvalue weighted by Gasteiger charge is 2.35. The second-order valence-electron chi connectivity index (χ2n) is 10.1. The molecule has 216 valence electrons. The van der Waals surface area contributed by atoms with Crippen LogP contribution < -0.4 is 10.1 Å². The number of aromatic nitrogens is 3. The van der Waals surface area contributed by atoms with Crippen LogP contribution in [0.4, 0.5) is 5.95 Å². The summed E-state index contributed by atoms with van der Waals surface area (Å²) in [5, 5.41) is 9.42. The zero-order valence-corrected chi connectivity index (χ0v) is 25.0. The van der Waals surface area contributed by atoms with Crippen molar-refractivity contribution in [1.29, 1.82) is 0 Å². The van der Waals surface area contributed by atoms with Gasteiger partial charge in [0.05, 0.1) is 5.57 Å². The number of esters is 1. The fraction of sp³-hybridized carbons (Fsp3) is 0.147. The molecule has 0 fully saturated rings. The number of hydrogen-bond acceptors (Lipinski definition) is 7. The van der Waals surface area contributed by atoms with Crippen LogP contribution in [0.15, 0.2) is 126 Å². The summed E-state index contributed by atoms with van der Waals surface area (Å²) in [5.74, 6) is 1.53. The monoisotopic (exact) mass is 608 g/mol. The summed E-state index contributed by atoms with van der Waals surface area (Å²) in [6.45, 7) is 2.40. The summed E-state index contributed by atoms with van der Waals surface area (Å²) in [5.41, 5.74) is 5.03. The van der Waals surface area contributed by atoms with E-state index >= 15 is 0 Å². The summed E-state index contributed by atoms with van der Waals surface area (Å²) in [7, 11) is 0. The lowest BCUT2D eigenvalue weighted by Gasteiger charge is -2.28. The van der Waals surface area contributed by atoms with Gasteiger partial charge in [0.1, 0.15) is 25.0 Å². The third-order valence-corrected chi connectivity index (χ3v) is 8.13. The van der Waals surface area contributed by atoms with E-state index in [9.17, 15) is 4.79 Å². The number of nitrogens with one attached hydrogen (secondary N) is 1. The van der Waals surface area contributed by atoms with Gasteiger partial charge in [-0.1, -0.05) is 108 Å². The van der Waals surface area contributed by atoms with Crippen molar-refractivity contribution in [2.45, 2.75) is 37.1 Å². The quantitative estimate of drug-likeness (QED) is 0.128. The number of nitrogens with zero attached hydrogens (tertiary/aromatic N) is 3. The van der Waals surface area contributed by atoms with Gasteiger partial charge in [-0.05, 0) is 53.4 Å². The molecule has 43 heavy (non-hydrogen) atoms. The van der Waals surface area contributed by atoms with Crippen molar-refractivity contribution in [1.82, 2.24) is 14.8 Å². The third-order valence-electron chi connectivity index (χ3n) is 6.97. The molecule has 5 aromatic rings. The molecule has 1 N–H and O–H groups in total. The molecule has 1 atom stereocenters. The molecule has 1 unspecified atom stereocenters. The van der Waals surface area contributed by atoms with E-state index in [1.807, 2.05) is 104 Å². The molecule has 0 radical (unpaired) electrons. The predicted molar refractivity (Wildman–Crippen MR) is 169 cm³/mol. The Hall–Kier alpha value is -4.53. The third kappa shape index (κ3) is 6.93. The zero-order chi connectivity index (χ0) is 29.6. The minimum atomic E-state index is -0.572. The van der Waals surface area contributed by atoms with Crippen LogP contribution in [0.2, 0.25) is 5.02 Å². The van der Waals surface area contributed by atoms with E-state index in [4.69, 9.17) is 31.2 Å². The molecule has 9 heteroatoms. The predicted octanol–water partition coefficient (Wildman–Crippen LogP) is 7.84. The van der Waals surface area contributed by atoms with Gasteiger partial charge >= 0.3 is 5.97 Å². The summed E-state index contributed by atoms with van der Waals surface area (Å²) < 4.78 is 13.7. The van der Waals surface area contributed by atoms with Crippen molar-refractivity contribution in [3.63, 3.8) is 0 Å². The molecular formula is C34H29ClN4O3S. The molecule has 2 heterocycles. The number of rotatable bonds is 10. The molecule has 0 saturated heterocycles. The van der Waals surface area contributed by atoms with Gasteiger partial charge in [-0.15, -0.1) is 5.10 Å². The van der Waals surface area contributed by atoms with Crippen molar-refractivity contribution in [3.05, 3.63) is 148 Å². The Morgan fingerprint density at radius 3 is 2.33 bits per heavy atom. The van der Waals surface area contributed by atoms with E-state index in [1.165, 1.54) is 5.56 Å². The van der Waals surface area contributed by atoms with Crippen molar-refractivity contribution in [2.75, 3.05) is 5.32 Å². The minimum absolute atomic E-state index is 0.163. The van der Waals surface area contributed by atoms with E-state index < -0.39 is 12.0 Å². The van der Waals surface area contributed by atoms with Crippen LogP contribution in [-0.2, 0) is 28.5 Å². The molecule has 1 aliphatic heterocycles. The molecule has 0 saturated carbocycles. The van der Waals surface area contributed by atoms with E-state index in [-0.39, 0.29) is 6.61 Å². The molecular weight excluding hydrogens is 580 g/mol. The first-order valence-electron chi connectivity index (χ1n) is 13.8. The molecule has 1 aromatic heterocycles. The fourth-order valence-electron chi connectivity index (χ4n) is 4.81. The lowest BCUT2D eigenvalue weighted by atomic mass is 9.95. The smallest absolute Gasteiger partial charge is 0.338 e. The van der Waals surface area contributed by atoms with Crippen LogP contribution in [0, 0.1) is 0 Å².